The van der Waals surface area contributed by atoms with E-state index >= 15 is 0 Å². The Balaban J connectivity index is 1.43. The maximum Gasteiger partial charge on any atom is 0.117 e. The topological polar surface area (TPSA) is 43.4 Å². The van der Waals surface area contributed by atoms with Gasteiger partial charge in [-0.2, -0.15) is 0 Å². The summed E-state index contributed by atoms with van der Waals surface area (Å²) in [5, 5.41) is 0. The zero-order valence-corrected chi connectivity index (χ0v) is 12.1. The highest BCUT2D eigenvalue weighted by molar-refractivity contribution is 5.02. The predicted octanol–water partition coefficient (Wildman–Crippen LogP) is 2.47. The lowest BCUT2D eigenvalue weighted by atomic mass is 9.88. The SMILES string of the molecule is c1coc(CN2CCC[C@]3(C[C@H](n4ccnc4)CO3)C2)c1. The number of aromatic nitrogens is 2. The van der Waals surface area contributed by atoms with Gasteiger partial charge in [-0.15, -0.1) is 0 Å². The Labute approximate surface area is 124 Å². The average Bonchev–Trinajstić information content (AvgIpc) is 3.20. The standard InChI is InChI=1S/C16H21N3O2/c1-3-15(20-8-1)10-18-6-2-4-16(12-18)9-14(11-21-16)19-7-5-17-13-19/h1,3,5,7-8,13-14H,2,4,6,9-12H2/t14-,16-/m0/s1. The van der Waals surface area contributed by atoms with Gasteiger partial charge in [-0.25, -0.2) is 4.98 Å². The zero-order chi connectivity index (χ0) is 14.1. The van der Waals surface area contributed by atoms with E-state index in [0.717, 1.165) is 44.8 Å². The Hall–Kier alpha value is -1.59. The molecule has 4 heterocycles. The van der Waals surface area contributed by atoms with E-state index < -0.39 is 0 Å². The summed E-state index contributed by atoms with van der Waals surface area (Å²) < 4.78 is 13.9. The number of hydrogen-bond acceptors (Lipinski definition) is 4. The normalized spacial score (nSPS) is 30.2. The molecule has 2 aromatic heterocycles. The zero-order valence-electron chi connectivity index (χ0n) is 12.1. The van der Waals surface area contributed by atoms with E-state index in [2.05, 4.69) is 14.5 Å². The third-order valence-electron chi connectivity index (χ3n) is 4.71. The summed E-state index contributed by atoms with van der Waals surface area (Å²) in [6, 6.07) is 4.43. The molecular formula is C16H21N3O2. The van der Waals surface area contributed by atoms with Crippen LogP contribution in [0, 0.1) is 0 Å². The van der Waals surface area contributed by atoms with Crippen molar-refractivity contribution in [2.75, 3.05) is 19.7 Å². The molecule has 0 radical (unpaired) electrons. The number of rotatable bonds is 3. The number of nitrogens with zero attached hydrogens (tertiary/aromatic N) is 3. The van der Waals surface area contributed by atoms with Gasteiger partial charge in [0.15, 0.2) is 0 Å². The van der Waals surface area contributed by atoms with E-state index in [0.29, 0.717) is 6.04 Å². The summed E-state index contributed by atoms with van der Waals surface area (Å²) in [7, 11) is 0. The van der Waals surface area contributed by atoms with Crippen molar-refractivity contribution in [2.24, 2.45) is 0 Å². The van der Waals surface area contributed by atoms with Crippen LogP contribution in [0.2, 0.25) is 0 Å². The number of imidazole rings is 1. The van der Waals surface area contributed by atoms with Gasteiger partial charge in [0.1, 0.15) is 5.76 Å². The van der Waals surface area contributed by atoms with Gasteiger partial charge in [-0.1, -0.05) is 0 Å². The van der Waals surface area contributed by atoms with Gasteiger partial charge < -0.3 is 13.7 Å². The molecule has 4 rings (SSSR count). The van der Waals surface area contributed by atoms with Crippen molar-refractivity contribution in [3.63, 3.8) is 0 Å². The number of piperidine rings is 1. The largest absolute Gasteiger partial charge is 0.468 e. The van der Waals surface area contributed by atoms with Crippen molar-refractivity contribution < 1.29 is 9.15 Å². The van der Waals surface area contributed by atoms with E-state index in [1.54, 1.807) is 6.26 Å². The fourth-order valence-electron chi connectivity index (χ4n) is 3.73. The first-order chi connectivity index (χ1) is 10.3. The maximum atomic E-state index is 6.25. The summed E-state index contributed by atoms with van der Waals surface area (Å²) >= 11 is 0. The molecule has 5 nitrogen and oxygen atoms in total. The lowest BCUT2D eigenvalue weighted by Gasteiger charge is -2.39. The minimum atomic E-state index is 0.0137. The van der Waals surface area contributed by atoms with Gasteiger partial charge in [-0.3, -0.25) is 4.90 Å². The Morgan fingerprint density at radius 3 is 3.24 bits per heavy atom. The molecule has 1 spiro atoms. The number of ether oxygens (including phenoxy) is 1. The minimum Gasteiger partial charge on any atom is -0.468 e. The highest BCUT2D eigenvalue weighted by atomic mass is 16.5. The van der Waals surface area contributed by atoms with Crippen LogP contribution in [0.1, 0.15) is 31.1 Å². The van der Waals surface area contributed by atoms with E-state index in [9.17, 15) is 0 Å². The number of hydrogen-bond donors (Lipinski definition) is 0. The smallest absolute Gasteiger partial charge is 0.117 e. The molecule has 0 aromatic carbocycles. The average molecular weight is 287 g/mol. The molecule has 2 atom stereocenters. The fraction of sp³-hybridized carbons (Fsp3) is 0.562. The van der Waals surface area contributed by atoms with Crippen molar-refractivity contribution in [1.29, 1.82) is 0 Å². The molecule has 0 bridgehead atoms. The molecule has 112 valence electrons. The summed E-state index contributed by atoms with van der Waals surface area (Å²) in [4.78, 5) is 6.61. The van der Waals surface area contributed by atoms with E-state index in [1.165, 1.54) is 6.42 Å². The van der Waals surface area contributed by atoms with Crippen LogP contribution in [-0.2, 0) is 11.3 Å². The fourth-order valence-corrected chi connectivity index (χ4v) is 3.73. The molecule has 0 amide bonds. The highest BCUT2D eigenvalue weighted by Crippen LogP contribution is 2.39. The highest BCUT2D eigenvalue weighted by Gasteiger charge is 2.43. The van der Waals surface area contributed by atoms with E-state index in [4.69, 9.17) is 9.15 Å². The van der Waals surface area contributed by atoms with Gasteiger partial charge in [0.05, 0.1) is 37.4 Å². The van der Waals surface area contributed by atoms with E-state index in [-0.39, 0.29) is 5.60 Å². The molecule has 2 aromatic rings. The van der Waals surface area contributed by atoms with Gasteiger partial charge >= 0.3 is 0 Å². The summed E-state index contributed by atoms with van der Waals surface area (Å²) in [5.41, 5.74) is 0.0137. The van der Waals surface area contributed by atoms with Gasteiger partial charge in [0.2, 0.25) is 0 Å². The Morgan fingerprint density at radius 1 is 1.43 bits per heavy atom. The summed E-state index contributed by atoms with van der Waals surface area (Å²) in [6.07, 6.45) is 11.0. The minimum absolute atomic E-state index is 0.0137. The second kappa shape index (κ2) is 5.31. The van der Waals surface area contributed by atoms with Crippen LogP contribution in [0.3, 0.4) is 0 Å². The van der Waals surface area contributed by atoms with Crippen LogP contribution in [0.5, 0.6) is 0 Å². The lowest BCUT2D eigenvalue weighted by Crippen LogP contribution is -2.47. The van der Waals surface area contributed by atoms with Crippen LogP contribution in [0.4, 0.5) is 0 Å². The summed E-state index contributed by atoms with van der Waals surface area (Å²) in [6.45, 7) is 3.80. The molecule has 5 heteroatoms. The number of furan rings is 1. The first-order valence-corrected chi connectivity index (χ1v) is 7.69. The van der Waals surface area contributed by atoms with Crippen LogP contribution in [0.15, 0.2) is 41.5 Å². The number of likely N-dealkylation sites (tertiary alicyclic amines) is 1. The third kappa shape index (κ3) is 2.63. The summed E-state index contributed by atoms with van der Waals surface area (Å²) in [5.74, 6) is 1.04. The Kier molecular flexibility index (Phi) is 3.31. The molecule has 21 heavy (non-hydrogen) atoms. The molecular weight excluding hydrogens is 266 g/mol. The Bertz CT molecular complexity index is 566. The first kappa shape index (κ1) is 13.1. The predicted molar refractivity (Wildman–Crippen MR) is 77.8 cm³/mol. The van der Waals surface area contributed by atoms with Crippen molar-refractivity contribution in [3.8, 4) is 0 Å². The first-order valence-electron chi connectivity index (χ1n) is 7.69. The van der Waals surface area contributed by atoms with Crippen LogP contribution >= 0.6 is 0 Å². The molecule has 2 saturated heterocycles. The molecule has 2 aliphatic rings. The van der Waals surface area contributed by atoms with Gasteiger partial charge in [0, 0.05) is 25.4 Å². The van der Waals surface area contributed by atoms with E-state index in [1.807, 2.05) is 30.9 Å². The van der Waals surface area contributed by atoms with Crippen molar-refractivity contribution in [1.82, 2.24) is 14.5 Å². The molecule has 0 saturated carbocycles. The molecule has 0 unspecified atom stereocenters. The maximum absolute atomic E-state index is 6.25. The second-order valence-electron chi connectivity index (χ2n) is 6.26. The quantitative estimate of drug-likeness (QED) is 0.870. The Morgan fingerprint density at radius 2 is 2.43 bits per heavy atom. The third-order valence-corrected chi connectivity index (χ3v) is 4.71. The molecule has 0 aliphatic carbocycles. The monoisotopic (exact) mass is 287 g/mol. The lowest BCUT2D eigenvalue weighted by molar-refractivity contribution is -0.0546. The van der Waals surface area contributed by atoms with Crippen molar-refractivity contribution in [2.45, 2.75) is 37.5 Å². The van der Waals surface area contributed by atoms with Crippen LogP contribution in [0.25, 0.3) is 0 Å². The molecule has 0 N–H and O–H groups in total. The van der Waals surface area contributed by atoms with Crippen LogP contribution in [-0.4, -0.2) is 39.7 Å². The van der Waals surface area contributed by atoms with Gasteiger partial charge in [-0.05, 0) is 31.5 Å². The van der Waals surface area contributed by atoms with Crippen molar-refractivity contribution >= 4 is 0 Å². The molecule has 2 aliphatic heterocycles. The van der Waals surface area contributed by atoms with Crippen molar-refractivity contribution in [3.05, 3.63) is 42.9 Å². The second-order valence-corrected chi connectivity index (χ2v) is 6.26. The van der Waals surface area contributed by atoms with Gasteiger partial charge in [0.25, 0.3) is 0 Å². The van der Waals surface area contributed by atoms with Crippen LogP contribution < -0.4 is 0 Å². The molecule has 2 fully saturated rings.